The Morgan fingerprint density at radius 2 is 1.81 bits per heavy atom. The lowest BCUT2D eigenvalue weighted by molar-refractivity contribution is -0.123. The van der Waals surface area contributed by atoms with Gasteiger partial charge < -0.3 is 20.5 Å². The van der Waals surface area contributed by atoms with Gasteiger partial charge in [-0.15, -0.1) is 0 Å². The second-order valence-corrected chi connectivity index (χ2v) is 5.58. The first-order valence-corrected chi connectivity index (χ1v) is 7.16. The summed E-state index contributed by atoms with van der Waals surface area (Å²) in [5.74, 6) is 1.56. The van der Waals surface area contributed by atoms with Crippen molar-refractivity contribution in [2.24, 2.45) is 11.7 Å². The topological polar surface area (TPSA) is 73.6 Å². The summed E-state index contributed by atoms with van der Waals surface area (Å²) in [7, 11) is 3.18. The molecule has 0 heterocycles. The number of rotatable bonds is 7. The second-order valence-electron chi connectivity index (χ2n) is 5.58. The summed E-state index contributed by atoms with van der Waals surface area (Å²) < 4.78 is 10.5. The number of carbonyl (C=O) groups is 1. The molecule has 0 aliphatic heterocycles. The number of hydrogen-bond acceptors (Lipinski definition) is 4. The van der Waals surface area contributed by atoms with Crippen LogP contribution in [0.4, 0.5) is 0 Å². The van der Waals surface area contributed by atoms with Crippen molar-refractivity contribution in [3.8, 4) is 11.5 Å². The molecule has 0 saturated carbocycles. The van der Waals surface area contributed by atoms with E-state index in [1.54, 1.807) is 14.2 Å². The van der Waals surface area contributed by atoms with Crippen molar-refractivity contribution in [1.29, 1.82) is 0 Å². The van der Waals surface area contributed by atoms with Gasteiger partial charge in [-0.25, -0.2) is 0 Å². The van der Waals surface area contributed by atoms with Gasteiger partial charge in [-0.2, -0.15) is 0 Å². The molecule has 0 aliphatic rings. The zero-order chi connectivity index (χ0) is 16.0. The molecule has 0 spiro atoms. The minimum Gasteiger partial charge on any atom is -0.493 e. The molecule has 3 N–H and O–H groups in total. The number of benzene rings is 1. The average Bonchev–Trinajstić information content (AvgIpc) is 2.45. The number of amides is 1. The number of carbonyl (C=O) groups excluding carboxylic acids is 1. The minimum absolute atomic E-state index is 0.133. The van der Waals surface area contributed by atoms with Gasteiger partial charge in [0, 0.05) is 0 Å². The van der Waals surface area contributed by atoms with Crippen molar-refractivity contribution in [3.63, 3.8) is 0 Å². The van der Waals surface area contributed by atoms with E-state index in [-0.39, 0.29) is 11.9 Å². The third-order valence-electron chi connectivity index (χ3n) is 3.33. The van der Waals surface area contributed by atoms with Crippen LogP contribution in [0.1, 0.15) is 38.8 Å². The van der Waals surface area contributed by atoms with Gasteiger partial charge in [0.1, 0.15) is 0 Å². The number of nitrogens with two attached hydrogens (primary N) is 1. The largest absolute Gasteiger partial charge is 0.493 e. The second kappa shape index (κ2) is 7.88. The maximum atomic E-state index is 12.0. The first-order chi connectivity index (χ1) is 9.88. The maximum absolute atomic E-state index is 12.0. The molecule has 5 heteroatoms. The standard InChI is InChI=1S/C16H26N2O3/c1-10(2)8-13(17)16(19)18-11(3)12-6-7-14(20-4)15(9-12)21-5/h6-7,9-11,13H,8,17H2,1-5H3,(H,18,19)/t11?,13-/m1/s1. The Morgan fingerprint density at radius 1 is 1.19 bits per heavy atom. The minimum atomic E-state index is -0.479. The van der Waals surface area contributed by atoms with Gasteiger partial charge in [0.25, 0.3) is 0 Å². The molecule has 1 unspecified atom stereocenters. The van der Waals surface area contributed by atoms with E-state index < -0.39 is 6.04 Å². The monoisotopic (exact) mass is 294 g/mol. The fourth-order valence-corrected chi connectivity index (χ4v) is 2.14. The Balaban J connectivity index is 2.75. The zero-order valence-corrected chi connectivity index (χ0v) is 13.5. The van der Waals surface area contributed by atoms with Crippen LogP contribution in [0.15, 0.2) is 18.2 Å². The predicted octanol–water partition coefficient (Wildman–Crippen LogP) is 2.25. The smallest absolute Gasteiger partial charge is 0.237 e. The summed E-state index contributed by atoms with van der Waals surface area (Å²) in [5.41, 5.74) is 6.83. The molecule has 1 amide bonds. The number of methoxy groups -OCH3 is 2. The van der Waals surface area contributed by atoms with Crippen LogP contribution in [0.2, 0.25) is 0 Å². The molecule has 1 rings (SSSR count). The third kappa shape index (κ3) is 4.93. The van der Waals surface area contributed by atoms with Crippen molar-refractivity contribution in [1.82, 2.24) is 5.32 Å². The van der Waals surface area contributed by atoms with Crippen molar-refractivity contribution in [2.45, 2.75) is 39.3 Å². The van der Waals surface area contributed by atoms with Crippen LogP contribution < -0.4 is 20.5 Å². The van der Waals surface area contributed by atoms with Gasteiger partial charge in [-0.05, 0) is 37.0 Å². The number of hydrogen-bond donors (Lipinski definition) is 2. The van der Waals surface area contributed by atoms with E-state index in [0.717, 1.165) is 5.56 Å². The molecule has 1 aromatic rings. The van der Waals surface area contributed by atoms with Gasteiger partial charge in [0.15, 0.2) is 11.5 Å². The van der Waals surface area contributed by atoms with Crippen LogP contribution in [-0.2, 0) is 4.79 Å². The number of nitrogens with one attached hydrogen (secondary N) is 1. The molecule has 0 fully saturated rings. The molecule has 0 aromatic heterocycles. The molecule has 118 valence electrons. The van der Waals surface area contributed by atoms with Gasteiger partial charge in [-0.3, -0.25) is 4.79 Å². The van der Waals surface area contributed by atoms with E-state index in [4.69, 9.17) is 15.2 Å². The van der Waals surface area contributed by atoms with Crippen LogP contribution in [-0.4, -0.2) is 26.2 Å². The van der Waals surface area contributed by atoms with Gasteiger partial charge in [0.05, 0.1) is 26.3 Å². The van der Waals surface area contributed by atoms with Crippen molar-refractivity contribution >= 4 is 5.91 Å². The fraction of sp³-hybridized carbons (Fsp3) is 0.562. The lowest BCUT2D eigenvalue weighted by Crippen LogP contribution is -2.42. The summed E-state index contributed by atoms with van der Waals surface area (Å²) in [6, 6.07) is 4.96. The normalized spacial score (nSPS) is 13.7. The van der Waals surface area contributed by atoms with Crippen molar-refractivity contribution in [3.05, 3.63) is 23.8 Å². The van der Waals surface area contributed by atoms with Gasteiger partial charge >= 0.3 is 0 Å². The molecule has 0 aliphatic carbocycles. The first kappa shape index (κ1) is 17.3. The Bertz CT molecular complexity index is 475. The summed E-state index contributed by atoms with van der Waals surface area (Å²) in [4.78, 5) is 12.0. The van der Waals surface area contributed by atoms with Crippen LogP contribution in [0.25, 0.3) is 0 Å². The Morgan fingerprint density at radius 3 is 2.33 bits per heavy atom. The molecule has 1 aromatic carbocycles. The molecule has 5 nitrogen and oxygen atoms in total. The van der Waals surface area contributed by atoms with Crippen LogP contribution in [0.5, 0.6) is 11.5 Å². The average molecular weight is 294 g/mol. The quantitative estimate of drug-likeness (QED) is 0.809. The molecule has 2 atom stereocenters. The summed E-state index contributed by atoms with van der Waals surface area (Å²) in [5, 5.41) is 2.93. The maximum Gasteiger partial charge on any atom is 0.237 e. The summed E-state index contributed by atoms with van der Waals surface area (Å²) in [6.07, 6.45) is 0.671. The highest BCUT2D eigenvalue weighted by molar-refractivity contribution is 5.81. The molecule has 0 bridgehead atoms. The Hall–Kier alpha value is -1.75. The van der Waals surface area contributed by atoms with E-state index >= 15 is 0 Å². The van der Waals surface area contributed by atoms with Gasteiger partial charge in [-0.1, -0.05) is 19.9 Å². The third-order valence-corrected chi connectivity index (χ3v) is 3.33. The van der Waals surface area contributed by atoms with Crippen molar-refractivity contribution < 1.29 is 14.3 Å². The predicted molar refractivity (Wildman–Crippen MR) is 83.5 cm³/mol. The van der Waals surface area contributed by atoms with Crippen LogP contribution in [0, 0.1) is 5.92 Å². The van der Waals surface area contributed by atoms with E-state index in [1.807, 2.05) is 39.0 Å². The fourth-order valence-electron chi connectivity index (χ4n) is 2.14. The lowest BCUT2D eigenvalue weighted by Gasteiger charge is -2.20. The molecular weight excluding hydrogens is 268 g/mol. The van der Waals surface area contributed by atoms with E-state index in [0.29, 0.717) is 23.8 Å². The summed E-state index contributed by atoms with van der Waals surface area (Å²) >= 11 is 0. The molecular formula is C16H26N2O3. The van der Waals surface area contributed by atoms with Crippen LogP contribution in [0.3, 0.4) is 0 Å². The highest BCUT2D eigenvalue weighted by Crippen LogP contribution is 2.29. The van der Waals surface area contributed by atoms with E-state index in [1.165, 1.54) is 0 Å². The highest BCUT2D eigenvalue weighted by Gasteiger charge is 2.18. The van der Waals surface area contributed by atoms with E-state index in [2.05, 4.69) is 5.32 Å². The molecule has 21 heavy (non-hydrogen) atoms. The van der Waals surface area contributed by atoms with Gasteiger partial charge in [0.2, 0.25) is 5.91 Å². The van der Waals surface area contributed by atoms with Crippen LogP contribution >= 0.6 is 0 Å². The molecule has 0 saturated heterocycles. The zero-order valence-electron chi connectivity index (χ0n) is 13.5. The summed E-state index contributed by atoms with van der Waals surface area (Å²) in [6.45, 7) is 6.01. The molecule has 0 radical (unpaired) electrons. The van der Waals surface area contributed by atoms with Crippen molar-refractivity contribution in [2.75, 3.05) is 14.2 Å². The lowest BCUT2D eigenvalue weighted by atomic mass is 10.0. The number of ether oxygens (including phenoxy) is 2. The van der Waals surface area contributed by atoms with E-state index in [9.17, 15) is 4.79 Å². The SMILES string of the molecule is COc1ccc(C(C)NC(=O)[C@H](N)CC(C)C)cc1OC. The first-order valence-electron chi connectivity index (χ1n) is 7.16. The highest BCUT2D eigenvalue weighted by atomic mass is 16.5. The Kier molecular flexibility index (Phi) is 6.49. The Labute approximate surface area is 126 Å².